The van der Waals surface area contributed by atoms with Crippen molar-refractivity contribution in [2.75, 3.05) is 35.6 Å². The minimum atomic E-state index is -4.15. The number of hydrogen-bond acceptors (Lipinski definition) is 7. The quantitative estimate of drug-likeness (QED) is 0.244. The number of anilines is 2. The maximum absolute atomic E-state index is 13.7. The van der Waals surface area contributed by atoms with Crippen molar-refractivity contribution in [1.82, 2.24) is 0 Å². The zero-order chi connectivity index (χ0) is 27.0. The molecular weight excluding hydrogens is 536 g/mol. The lowest BCUT2D eigenvalue weighted by molar-refractivity contribution is -0.114. The van der Waals surface area contributed by atoms with Gasteiger partial charge in [0.05, 0.1) is 34.4 Å². The summed E-state index contributed by atoms with van der Waals surface area (Å²) in [5.74, 6) is -0.946. The molecule has 0 aliphatic rings. The Hall–Kier alpha value is -3.21. The van der Waals surface area contributed by atoms with Crippen molar-refractivity contribution in [3.8, 4) is 5.75 Å². The molecule has 0 bridgehead atoms. The fourth-order valence-electron chi connectivity index (χ4n) is 3.41. The average Bonchev–Trinajstić information content (AvgIpc) is 2.89. The molecule has 0 saturated carbocycles. The first-order chi connectivity index (χ1) is 17.7. The molecule has 0 fully saturated rings. The second-order valence-corrected chi connectivity index (χ2v) is 10.7. The first-order valence-corrected chi connectivity index (χ1v) is 14.4. The topological polar surface area (TPSA) is 102 Å². The summed E-state index contributed by atoms with van der Waals surface area (Å²) >= 11 is 7.59. The molecule has 0 aromatic heterocycles. The largest absolute Gasteiger partial charge is 0.492 e. The Kier molecular flexibility index (Phi) is 9.85. The minimum Gasteiger partial charge on any atom is -0.492 e. The molecule has 0 aliphatic heterocycles. The van der Waals surface area contributed by atoms with Gasteiger partial charge in [-0.25, -0.2) is 13.2 Å². The van der Waals surface area contributed by atoms with Crippen LogP contribution < -0.4 is 14.4 Å². The summed E-state index contributed by atoms with van der Waals surface area (Å²) in [6.07, 6.45) is 1.89. The van der Waals surface area contributed by atoms with Gasteiger partial charge in [-0.2, -0.15) is 0 Å². The zero-order valence-corrected chi connectivity index (χ0v) is 23.0. The van der Waals surface area contributed by atoms with Gasteiger partial charge < -0.3 is 14.8 Å². The highest BCUT2D eigenvalue weighted by atomic mass is 35.5. The van der Waals surface area contributed by atoms with Gasteiger partial charge in [-0.3, -0.25) is 9.10 Å². The van der Waals surface area contributed by atoms with Crippen LogP contribution in [0, 0.1) is 0 Å². The number of hydrogen-bond donors (Lipinski definition) is 1. The third-order valence-corrected chi connectivity index (χ3v) is 7.96. The molecule has 37 heavy (non-hydrogen) atoms. The van der Waals surface area contributed by atoms with Gasteiger partial charge in [0, 0.05) is 10.6 Å². The van der Waals surface area contributed by atoms with E-state index in [1.54, 1.807) is 50.2 Å². The van der Waals surface area contributed by atoms with Gasteiger partial charge in [-0.05, 0) is 74.7 Å². The Bertz CT molecular complexity index is 1360. The summed E-state index contributed by atoms with van der Waals surface area (Å²) in [4.78, 5) is 26.2. The van der Waals surface area contributed by atoms with E-state index in [4.69, 9.17) is 21.1 Å². The molecule has 0 atom stereocenters. The van der Waals surface area contributed by atoms with Crippen molar-refractivity contribution in [3.05, 3.63) is 77.3 Å². The van der Waals surface area contributed by atoms with Crippen LogP contribution in [0.4, 0.5) is 11.4 Å². The molecule has 0 unspecified atom stereocenters. The van der Waals surface area contributed by atoms with Crippen LogP contribution in [-0.2, 0) is 19.6 Å². The Labute approximate surface area is 226 Å². The predicted molar refractivity (Wildman–Crippen MR) is 146 cm³/mol. The number of carbonyl (C=O) groups is 2. The summed E-state index contributed by atoms with van der Waals surface area (Å²) in [5, 5.41) is 2.81. The van der Waals surface area contributed by atoms with Crippen LogP contribution in [0.1, 0.15) is 24.2 Å². The molecule has 3 rings (SSSR count). The number of rotatable bonds is 11. The first kappa shape index (κ1) is 28.4. The number of esters is 1. The number of benzene rings is 3. The number of ether oxygens (including phenoxy) is 2. The van der Waals surface area contributed by atoms with Crippen LogP contribution in [0.15, 0.2) is 76.5 Å². The van der Waals surface area contributed by atoms with Gasteiger partial charge in [0.25, 0.3) is 10.0 Å². The number of thioether (sulfide) groups is 1. The van der Waals surface area contributed by atoms with Gasteiger partial charge in [0.1, 0.15) is 12.3 Å². The van der Waals surface area contributed by atoms with E-state index in [0.717, 1.165) is 9.20 Å². The highest BCUT2D eigenvalue weighted by Gasteiger charge is 2.29. The highest BCUT2D eigenvalue weighted by Crippen LogP contribution is 2.33. The fourth-order valence-corrected chi connectivity index (χ4v) is 5.45. The van der Waals surface area contributed by atoms with E-state index in [1.807, 2.05) is 6.26 Å². The van der Waals surface area contributed by atoms with Crippen LogP contribution in [0.25, 0.3) is 0 Å². The van der Waals surface area contributed by atoms with Gasteiger partial charge >= 0.3 is 5.97 Å². The number of sulfonamides is 1. The molecule has 8 nitrogen and oxygen atoms in total. The van der Waals surface area contributed by atoms with Crippen molar-refractivity contribution >= 4 is 56.6 Å². The number of nitrogens with zero attached hydrogens (tertiary/aromatic N) is 1. The van der Waals surface area contributed by atoms with Gasteiger partial charge in [-0.15, -0.1) is 11.8 Å². The second-order valence-electron chi connectivity index (χ2n) is 7.55. The van der Waals surface area contributed by atoms with Crippen molar-refractivity contribution in [2.45, 2.75) is 23.6 Å². The molecular formula is C26H27ClN2O6S2. The molecule has 3 aromatic rings. The fraction of sp³-hybridized carbons (Fsp3) is 0.231. The van der Waals surface area contributed by atoms with E-state index in [0.29, 0.717) is 12.4 Å². The Balaban J connectivity index is 1.97. The Morgan fingerprint density at radius 3 is 2.35 bits per heavy atom. The van der Waals surface area contributed by atoms with Gasteiger partial charge in [0.2, 0.25) is 5.91 Å². The van der Waals surface area contributed by atoms with Gasteiger partial charge in [0.15, 0.2) is 0 Å². The maximum Gasteiger partial charge on any atom is 0.339 e. The molecule has 0 saturated heterocycles. The summed E-state index contributed by atoms with van der Waals surface area (Å²) < 4.78 is 39.1. The van der Waals surface area contributed by atoms with Crippen molar-refractivity contribution in [1.29, 1.82) is 0 Å². The average molecular weight is 563 g/mol. The molecule has 1 N–H and O–H groups in total. The number of amides is 1. The normalized spacial score (nSPS) is 11.0. The van der Waals surface area contributed by atoms with Crippen LogP contribution in [0.2, 0.25) is 5.02 Å². The smallest absolute Gasteiger partial charge is 0.339 e. The second kappa shape index (κ2) is 12.8. The van der Waals surface area contributed by atoms with E-state index >= 15 is 0 Å². The van der Waals surface area contributed by atoms with Gasteiger partial charge in [-0.1, -0.05) is 23.7 Å². The molecule has 0 spiro atoms. The highest BCUT2D eigenvalue weighted by molar-refractivity contribution is 7.98. The summed E-state index contributed by atoms with van der Waals surface area (Å²) in [7, 11) is -4.15. The van der Waals surface area contributed by atoms with E-state index < -0.39 is 28.4 Å². The lowest BCUT2D eigenvalue weighted by Crippen LogP contribution is -2.38. The summed E-state index contributed by atoms with van der Waals surface area (Å²) in [6.45, 7) is 3.37. The number of halogens is 1. The molecule has 0 heterocycles. The van der Waals surface area contributed by atoms with Crippen LogP contribution >= 0.6 is 23.4 Å². The summed E-state index contributed by atoms with van der Waals surface area (Å²) in [5.41, 5.74) is 0.565. The predicted octanol–water partition coefficient (Wildman–Crippen LogP) is 5.47. The standard InChI is InChI=1S/C26H27ClN2O6S2/c1-4-34-24-9-7-6-8-23(24)29(37(32,33)20-13-11-19(36-3)12-14-20)17-25(30)28-18-10-15-22(27)21(16-18)26(31)35-5-2/h6-16H,4-5,17H2,1-3H3,(H,28,30). The molecule has 196 valence electrons. The monoisotopic (exact) mass is 562 g/mol. The summed E-state index contributed by atoms with van der Waals surface area (Å²) in [6, 6.07) is 17.4. The lowest BCUT2D eigenvalue weighted by atomic mass is 10.2. The van der Waals surface area contributed by atoms with Crippen LogP contribution in [0.3, 0.4) is 0 Å². The van der Waals surface area contributed by atoms with Crippen molar-refractivity contribution in [2.24, 2.45) is 0 Å². The van der Waals surface area contributed by atoms with Crippen molar-refractivity contribution < 1.29 is 27.5 Å². The zero-order valence-electron chi connectivity index (χ0n) is 20.6. The Morgan fingerprint density at radius 1 is 1.00 bits per heavy atom. The third-order valence-electron chi connectivity index (χ3n) is 5.11. The van der Waals surface area contributed by atoms with E-state index in [-0.39, 0.29) is 33.5 Å². The van der Waals surface area contributed by atoms with Crippen molar-refractivity contribution in [3.63, 3.8) is 0 Å². The molecule has 0 aliphatic carbocycles. The number of nitrogens with one attached hydrogen (secondary N) is 1. The molecule has 0 radical (unpaired) electrons. The Morgan fingerprint density at radius 2 is 1.70 bits per heavy atom. The first-order valence-electron chi connectivity index (χ1n) is 11.4. The molecule has 1 amide bonds. The SMILES string of the molecule is CCOC(=O)c1cc(NC(=O)CN(c2ccccc2OCC)S(=O)(=O)c2ccc(SC)cc2)ccc1Cl. The third kappa shape index (κ3) is 6.97. The molecule has 11 heteroatoms. The van der Waals surface area contributed by atoms with E-state index in [1.165, 1.54) is 42.1 Å². The lowest BCUT2D eigenvalue weighted by Gasteiger charge is -2.26. The van der Waals surface area contributed by atoms with E-state index in [2.05, 4.69) is 5.32 Å². The van der Waals surface area contributed by atoms with Crippen LogP contribution in [-0.4, -0.2) is 46.3 Å². The number of para-hydroxylation sites is 2. The maximum atomic E-state index is 13.7. The van der Waals surface area contributed by atoms with Crippen LogP contribution in [0.5, 0.6) is 5.75 Å². The minimum absolute atomic E-state index is 0.0282. The van der Waals surface area contributed by atoms with E-state index in [9.17, 15) is 18.0 Å². The molecule has 3 aromatic carbocycles. The number of carbonyl (C=O) groups excluding carboxylic acids is 2.